The number of nitrogens with zero attached hydrogens (tertiary/aromatic N) is 1. The number of ether oxygens (including phenoxy) is 1. The molecule has 0 atom stereocenters. The molecule has 2 nitrogen and oxygen atoms in total. The number of para-hydroxylation sites is 2. The van der Waals surface area contributed by atoms with Crippen LogP contribution in [0.1, 0.15) is 66.8 Å². The quantitative estimate of drug-likeness (QED) is 0.175. The largest absolute Gasteiger partial charge is 0.457 e. The first-order valence-electron chi connectivity index (χ1n) is 27.3. The molecule has 0 amide bonds. The van der Waals surface area contributed by atoms with Crippen molar-refractivity contribution in [2.24, 2.45) is 0 Å². The molecule has 0 N–H and O–H groups in total. The van der Waals surface area contributed by atoms with Crippen molar-refractivity contribution < 1.29 is 4.74 Å². The first-order valence-corrected chi connectivity index (χ1v) is 28.9. The van der Waals surface area contributed by atoms with Gasteiger partial charge in [-0.1, -0.05) is 230 Å². The first kappa shape index (κ1) is 44.0. The third kappa shape index (κ3) is 5.46. The number of rotatable bonds is 3. The van der Waals surface area contributed by atoms with Crippen LogP contribution in [-0.2, 0) is 16.2 Å². The summed E-state index contributed by atoms with van der Waals surface area (Å²) >= 11 is 3.78. The molecule has 0 radical (unpaired) electrons. The first-order chi connectivity index (χ1) is 39.2. The van der Waals surface area contributed by atoms with Crippen molar-refractivity contribution in [1.29, 1.82) is 0 Å². The van der Waals surface area contributed by atoms with Gasteiger partial charge in [-0.05, 0) is 150 Å². The zero-order chi connectivity index (χ0) is 51.6. The SMILES string of the molecule is c1ccc2c(c1)Oc1ccccc1C21c2ccccc2-c2c(N(c3ccc4c(c3)-c3ccccc3C43c4ccccc4Sc4ccccc43)c3ccc4c(c3)C3(c5ccccc5Sc5ccccc53)c3ccccc3-4)cccc21. The Morgan fingerprint density at radius 3 is 1.18 bits per heavy atom. The van der Waals surface area contributed by atoms with Crippen molar-refractivity contribution in [3.05, 3.63) is 340 Å². The third-order valence-corrected chi connectivity index (χ3v) is 20.6. The van der Waals surface area contributed by atoms with Crippen LogP contribution in [-0.4, -0.2) is 0 Å². The molecule has 79 heavy (non-hydrogen) atoms. The van der Waals surface area contributed by atoms with Gasteiger partial charge in [0.25, 0.3) is 0 Å². The second-order valence-electron chi connectivity index (χ2n) is 21.7. The average Bonchev–Trinajstić information content (AvgIpc) is 3.83. The van der Waals surface area contributed by atoms with Gasteiger partial charge in [-0.15, -0.1) is 0 Å². The van der Waals surface area contributed by atoms with E-state index in [1.54, 1.807) is 0 Å². The summed E-state index contributed by atoms with van der Waals surface area (Å²) in [4.78, 5) is 7.79. The molecule has 18 rings (SSSR count). The van der Waals surface area contributed by atoms with E-state index in [0.29, 0.717) is 0 Å². The highest BCUT2D eigenvalue weighted by Crippen LogP contribution is 2.68. The molecule has 12 aromatic carbocycles. The van der Waals surface area contributed by atoms with E-state index in [-0.39, 0.29) is 0 Å². The molecule has 12 aromatic rings. The lowest BCUT2D eigenvalue weighted by atomic mass is 9.66. The molecule has 368 valence electrons. The summed E-state index contributed by atoms with van der Waals surface area (Å²) in [7, 11) is 0. The molecular weight excluding hydrogens is 995 g/mol. The van der Waals surface area contributed by atoms with Gasteiger partial charge < -0.3 is 9.64 Å². The summed E-state index contributed by atoms with van der Waals surface area (Å²) in [5, 5.41) is 0. The molecule has 0 fully saturated rings. The third-order valence-electron chi connectivity index (χ3n) is 18.3. The van der Waals surface area contributed by atoms with Crippen molar-refractivity contribution in [3.63, 3.8) is 0 Å². The van der Waals surface area contributed by atoms with Crippen LogP contribution < -0.4 is 9.64 Å². The van der Waals surface area contributed by atoms with Crippen molar-refractivity contribution in [3.8, 4) is 44.9 Å². The smallest absolute Gasteiger partial charge is 0.132 e. The summed E-state index contributed by atoms with van der Waals surface area (Å²) in [6.07, 6.45) is 0. The summed E-state index contributed by atoms with van der Waals surface area (Å²) < 4.78 is 6.83. The van der Waals surface area contributed by atoms with Gasteiger partial charge in [0.15, 0.2) is 0 Å². The summed E-state index contributed by atoms with van der Waals surface area (Å²) in [6.45, 7) is 0. The monoisotopic (exact) mass is 1040 g/mol. The van der Waals surface area contributed by atoms with E-state index in [1.165, 1.54) is 109 Å². The Labute approximate surface area is 467 Å². The average molecular weight is 1040 g/mol. The van der Waals surface area contributed by atoms with Crippen molar-refractivity contribution in [2.45, 2.75) is 35.8 Å². The van der Waals surface area contributed by atoms with Crippen LogP contribution in [0.3, 0.4) is 0 Å². The number of benzene rings is 12. The van der Waals surface area contributed by atoms with Gasteiger partial charge in [-0.3, -0.25) is 0 Å². The molecule has 4 heteroatoms. The fourth-order valence-corrected chi connectivity index (χ4v) is 17.8. The molecule has 0 aromatic heterocycles. The maximum atomic E-state index is 6.83. The van der Waals surface area contributed by atoms with Crippen molar-refractivity contribution in [1.82, 2.24) is 0 Å². The zero-order valence-electron chi connectivity index (χ0n) is 42.7. The maximum absolute atomic E-state index is 6.83. The number of hydrogen-bond donors (Lipinski definition) is 0. The van der Waals surface area contributed by atoms with Gasteiger partial charge in [0.05, 0.1) is 21.9 Å². The second-order valence-corrected chi connectivity index (χ2v) is 23.8. The van der Waals surface area contributed by atoms with E-state index in [9.17, 15) is 0 Å². The molecule has 3 aliphatic carbocycles. The Hall–Kier alpha value is -9.06. The highest BCUT2D eigenvalue weighted by atomic mass is 32.2. The van der Waals surface area contributed by atoms with E-state index in [4.69, 9.17) is 4.74 Å². The maximum Gasteiger partial charge on any atom is 0.132 e. The summed E-state index contributed by atoms with van der Waals surface area (Å²) in [5.74, 6) is 1.77. The fraction of sp³-hybridized carbons (Fsp3) is 0.0400. The van der Waals surface area contributed by atoms with Crippen LogP contribution in [0.15, 0.2) is 293 Å². The standard InChI is InChI=1S/C75H45NOS2/c1-4-23-53-48(20-1)50-42-40-47(45-64(50)75(53)61-30-11-17-38-70(61)79-71-39-18-12-31-62(71)75)76(46-41-43-56-52(44-46)49-21-2-5-24-54(49)73(56)59-28-9-15-36-68(59)78-69-37-16-10-29-60(69)73)65-33-19-32-63-72(65)51-22-3-6-25-55(51)74(63)57-26-7-13-34-66(57)77-67-35-14-8-27-58(67)74/h1-45H. The summed E-state index contributed by atoms with van der Waals surface area (Å²) in [5.41, 5.74) is 24.5. The second kappa shape index (κ2) is 16.0. The van der Waals surface area contributed by atoms with Crippen LogP contribution in [0.25, 0.3) is 33.4 Å². The van der Waals surface area contributed by atoms with Crippen molar-refractivity contribution in [2.75, 3.05) is 4.90 Å². The Kier molecular flexibility index (Phi) is 8.92. The molecule has 0 saturated heterocycles. The minimum atomic E-state index is -0.640. The molecule has 6 aliphatic rings. The topological polar surface area (TPSA) is 12.5 Å². The lowest BCUT2D eigenvalue weighted by molar-refractivity contribution is 0.436. The Morgan fingerprint density at radius 2 is 0.620 bits per heavy atom. The van der Waals surface area contributed by atoms with Gasteiger partial charge in [-0.25, -0.2) is 0 Å². The highest BCUT2D eigenvalue weighted by molar-refractivity contribution is 7.99. The van der Waals surface area contributed by atoms with E-state index >= 15 is 0 Å². The highest BCUT2D eigenvalue weighted by Gasteiger charge is 2.54. The van der Waals surface area contributed by atoms with E-state index < -0.39 is 16.2 Å². The Bertz CT molecular complexity index is 4510. The van der Waals surface area contributed by atoms with E-state index in [0.717, 1.165) is 39.7 Å². The predicted molar refractivity (Wildman–Crippen MR) is 321 cm³/mol. The fourth-order valence-electron chi connectivity index (χ4n) is 15.5. The lowest BCUT2D eigenvalue weighted by Gasteiger charge is -2.40. The van der Waals surface area contributed by atoms with Crippen LogP contribution in [0, 0.1) is 0 Å². The van der Waals surface area contributed by atoms with Gasteiger partial charge >= 0.3 is 0 Å². The molecular formula is C75H45NOS2. The van der Waals surface area contributed by atoms with Crippen molar-refractivity contribution >= 4 is 40.6 Å². The summed E-state index contributed by atoms with van der Waals surface area (Å²) in [6, 6.07) is 103. The van der Waals surface area contributed by atoms with E-state index in [2.05, 4.69) is 278 Å². The van der Waals surface area contributed by atoms with Crippen LogP contribution in [0.4, 0.5) is 17.1 Å². The molecule has 0 saturated carbocycles. The molecule has 0 bridgehead atoms. The van der Waals surface area contributed by atoms with Gasteiger partial charge in [-0.2, -0.15) is 0 Å². The predicted octanol–water partition coefficient (Wildman–Crippen LogP) is 19.3. The van der Waals surface area contributed by atoms with Gasteiger partial charge in [0.2, 0.25) is 0 Å². The van der Waals surface area contributed by atoms with Gasteiger partial charge in [0, 0.05) is 47.6 Å². The lowest BCUT2D eigenvalue weighted by Crippen LogP contribution is -2.32. The molecule has 3 aliphatic heterocycles. The zero-order valence-corrected chi connectivity index (χ0v) is 44.3. The van der Waals surface area contributed by atoms with Crippen LogP contribution in [0.2, 0.25) is 0 Å². The van der Waals surface area contributed by atoms with E-state index in [1.807, 2.05) is 23.5 Å². The molecule has 0 unspecified atom stereocenters. The Morgan fingerprint density at radius 1 is 0.253 bits per heavy atom. The number of hydrogen-bond acceptors (Lipinski definition) is 4. The normalized spacial score (nSPS) is 15.4. The van der Waals surface area contributed by atoms with Crippen LogP contribution in [0.5, 0.6) is 11.5 Å². The Balaban J connectivity index is 0.950. The number of fused-ring (bicyclic) bond motifs is 27. The molecule has 3 spiro atoms. The van der Waals surface area contributed by atoms with Gasteiger partial charge in [0.1, 0.15) is 11.5 Å². The minimum absolute atomic E-state index is 0.498. The minimum Gasteiger partial charge on any atom is -0.457 e. The van der Waals surface area contributed by atoms with Crippen LogP contribution >= 0.6 is 23.5 Å². The number of anilines is 3. The molecule has 3 heterocycles.